The van der Waals surface area contributed by atoms with Crippen molar-refractivity contribution >= 4 is 5.78 Å². The van der Waals surface area contributed by atoms with Gasteiger partial charge < -0.3 is 14.2 Å². The molecule has 16 heavy (non-hydrogen) atoms. The fourth-order valence-electron chi connectivity index (χ4n) is 1.21. The van der Waals surface area contributed by atoms with Crippen molar-refractivity contribution in [3.8, 4) is 5.75 Å². The molecule has 1 rings (SSSR count). The van der Waals surface area contributed by atoms with Crippen LogP contribution in [0.2, 0.25) is 0 Å². The lowest BCUT2D eigenvalue weighted by molar-refractivity contribution is -0.309. The number of hydrogen-bond acceptors (Lipinski definition) is 4. The maximum absolute atomic E-state index is 11.4. The average molecular weight is 224 g/mol. The average Bonchev–Trinajstić information content (AvgIpc) is 2.29. The van der Waals surface area contributed by atoms with Crippen LogP contribution in [0.15, 0.2) is 24.3 Å². The zero-order chi connectivity index (χ0) is 12.2. The van der Waals surface area contributed by atoms with Gasteiger partial charge in [-0.2, -0.15) is 0 Å². The van der Waals surface area contributed by atoms with Gasteiger partial charge in [-0.25, -0.2) is 0 Å². The normalized spacial score (nSPS) is 11.2. The largest absolute Gasteiger partial charge is 0.438 e. The van der Waals surface area contributed by atoms with Crippen molar-refractivity contribution in [2.24, 2.45) is 0 Å². The number of hydrogen-bond donors (Lipinski definition) is 0. The molecule has 0 aromatic heterocycles. The Labute approximate surface area is 95.1 Å². The Morgan fingerprint density at radius 1 is 1.19 bits per heavy atom. The van der Waals surface area contributed by atoms with Crippen molar-refractivity contribution in [1.82, 2.24) is 0 Å². The van der Waals surface area contributed by atoms with Crippen LogP contribution >= 0.6 is 0 Å². The smallest absolute Gasteiger partial charge is 0.323 e. The quantitative estimate of drug-likeness (QED) is 0.568. The Bertz CT molecular complexity index is 369. The summed E-state index contributed by atoms with van der Waals surface area (Å²) in [5.74, 6) is -0.808. The fraction of sp³-hybridized carbons (Fsp3) is 0.417. The SMILES string of the molecule is COC(C)(OC)Oc1ccccc1C(C)=O. The zero-order valence-corrected chi connectivity index (χ0v) is 9.94. The van der Waals surface area contributed by atoms with Crippen LogP contribution in [0.3, 0.4) is 0 Å². The van der Waals surface area contributed by atoms with Crippen LogP contribution in [-0.4, -0.2) is 26.0 Å². The standard InChI is InChI=1S/C12H16O4/c1-9(13)10-7-5-6-8-11(10)16-12(2,14-3)15-4/h5-8H,1-4H3. The molecule has 0 saturated heterocycles. The maximum Gasteiger partial charge on any atom is 0.323 e. The molecule has 0 fully saturated rings. The number of rotatable bonds is 5. The van der Waals surface area contributed by atoms with E-state index in [0.29, 0.717) is 11.3 Å². The molecule has 1 aromatic rings. The lowest BCUT2D eigenvalue weighted by Crippen LogP contribution is -2.37. The molecule has 0 aliphatic rings. The van der Waals surface area contributed by atoms with E-state index in [1.165, 1.54) is 21.1 Å². The summed E-state index contributed by atoms with van der Waals surface area (Å²) in [7, 11) is 2.94. The molecule has 0 unspecified atom stereocenters. The van der Waals surface area contributed by atoms with Gasteiger partial charge >= 0.3 is 5.97 Å². The minimum atomic E-state index is -1.19. The molecule has 4 nitrogen and oxygen atoms in total. The molecule has 88 valence electrons. The van der Waals surface area contributed by atoms with Gasteiger partial charge in [-0.3, -0.25) is 4.79 Å². The van der Waals surface area contributed by atoms with Crippen LogP contribution in [0.5, 0.6) is 5.75 Å². The second kappa shape index (κ2) is 5.09. The molecule has 0 atom stereocenters. The lowest BCUT2D eigenvalue weighted by atomic mass is 10.1. The number of para-hydroxylation sites is 1. The highest BCUT2D eigenvalue weighted by Gasteiger charge is 2.26. The highest BCUT2D eigenvalue weighted by atomic mass is 16.9. The van der Waals surface area contributed by atoms with Gasteiger partial charge in [-0.15, -0.1) is 0 Å². The Hall–Kier alpha value is -1.39. The van der Waals surface area contributed by atoms with E-state index in [0.717, 1.165) is 0 Å². The molecule has 0 N–H and O–H groups in total. The molecule has 0 spiro atoms. The van der Waals surface area contributed by atoms with E-state index in [1.54, 1.807) is 31.2 Å². The number of ketones is 1. The van der Waals surface area contributed by atoms with Gasteiger partial charge in [0, 0.05) is 21.1 Å². The molecule has 1 aromatic carbocycles. The van der Waals surface area contributed by atoms with E-state index in [9.17, 15) is 4.79 Å². The summed E-state index contributed by atoms with van der Waals surface area (Å²) in [6.07, 6.45) is 0. The first-order chi connectivity index (χ1) is 7.52. The number of ether oxygens (including phenoxy) is 3. The number of Topliss-reactive ketones (excluding diaryl/α,β-unsaturated/α-hetero) is 1. The summed E-state index contributed by atoms with van der Waals surface area (Å²) in [6.45, 7) is 3.11. The van der Waals surface area contributed by atoms with Gasteiger partial charge in [-0.1, -0.05) is 12.1 Å². The molecule has 0 bridgehead atoms. The summed E-state index contributed by atoms with van der Waals surface area (Å²) in [5.41, 5.74) is 0.503. The first kappa shape index (κ1) is 12.7. The molecular formula is C12H16O4. The highest BCUT2D eigenvalue weighted by Crippen LogP contribution is 2.24. The van der Waals surface area contributed by atoms with Crippen LogP contribution in [0.25, 0.3) is 0 Å². The third kappa shape index (κ3) is 2.81. The molecular weight excluding hydrogens is 208 g/mol. The summed E-state index contributed by atoms with van der Waals surface area (Å²) in [5, 5.41) is 0. The minimum Gasteiger partial charge on any atom is -0.438 e. The molecule has 0 heterocycles. The second-order valence-corrected chi connectivity index (χ2v) is 3.43. The molecule has 0 radical (unpaired) electrons. The second-order valence-electron chi connectivity index (χ2n) is 3.43. The van der Waals surface area contributed by atoms with Gasteiger partial charge in [0.15, 0.2) is 5.78 Å². The van der Waals surface area contributed by atoms with Gasteiger partial charge in [0.1, 0.15) is 5.75 Å². The van der Waals surface area contributed by atoms with E-state index in [2.05, 4.69) is 0 Å². The number of methoxy groups -OCH3 is 2. The van der Waals surface area contributed by atoms with Crippen LogP contribution in [0.4, 0.5) is 0 Å². The van der Waals surface area contributed by atoms with Crippen molar-refractivity contribution < 1.29 is 19.0 Å². The van der Waals surface area contributed by atoms with Crippen molar-refractivity contribution in [1.29, 1.82) is 0 Å². The molecule has 0 aliphatic carbocycles. The van der Waals surface area contributed by atoms with Gasteiger partial charge in [0.2, 0.25) is 0 Å². The zero-order valence-electron chi connectivity index (χ0n) is 9.94. The number of benzene rings is 1. The Morgan fingerprint density at radius 2 is 1.75 bits per heavy atom. The predicted molar refractivity (Wildman–Crippen MR) is 59.5 cm³/mol. The van der Waals surface area contributed by atoms with E-state index >= 15 is 0 Å². The van der Waals surface area contributed by atoms with E-state index < -0.39 is 5.97 Å². The molecule has 0 aliphatic heterocycles. The highest BCUT2D eigenvalue weighted by molar-refractivity contribution is 5.96. The third-order valence-electron chi connectivity index (χ3n) is 2.30. The first-order valence-corrected chi connectivity index (χ1v) is 4.91. The lowest BCUT2D eigenvalue weighted by Gasteiger charge is -2.27. The number of carbonyl (C=O) groups excluding carboxylic acids is 1. The topological polar surface area (TPSA) is 44.8 Å². The van der Waals surface area contributed by atoms with Crippen molar-refractivity contribution in [2.75, 3.05) is 14.2 Å². The molecule has 0 amide bonds. The number of carbonyl (C=O) groups is 1. The Balaban J connectivity index is 3.01. The Morgan fingerprint density at radius 3 is 2.25 bits per heavy atom. The van der Waals surface area contributed by atoms with E-state index in [-0.39, 0.29) is 5.78 Å². The monoisotopic (exact) mass is 224 g/mol. The summed E-state index contributed by atoms with van der Waals surface area (Å²) in [6, 6.07) is 6.96. The van der Waals surface area contributed by atoms with E-state index in [4.69, 9.17) is 14.2 Å². The van der Waals surface area contributed by atoms with Crippen molar-refractivity contribution in [3.05, 3.63) is 29.8 Å². The Kier molecular flexibility index (Phi) is 4.04. The van der Waals surface area contributed by atoms with Gasteiger partial charge in [-0.05, 0) is 19.1 Å². The molecule has 4 heteroatoms. The van der Waals surface area contributed by atoms with Crippen LogP contribution in [0.1, 0.15) is 24.2 Å². The molecule has 0 saturated carbocycles. The fourth-order valence-corrected chi connectivity index (χ4v) is 1.21. The maximum atomic E-state index is 11.4. The summed E-state index contributed by atoms with van der Waals surface area (Å²) >= 11 is 0. The minimum absolute atomic E-state index is 0.0647. The van der Waals surface area contributed by atoms with Crippen LogP contribution in [-0.2, 0) is 9.47 Å². The van der Waals surface area contributed by atoms with Crippen molar-refractivity contribution in [2.45, 2.75) is 19.8 Å². The van der Waals surface area contributed by atoms with Gasteiger partial charge in [0.25, 0.3) is 0 Å². The summed E-state index contributed by atoms with van der Waals surface area (Å²) in [4.78, 5) is 11.4. The first-order valence-electron chi connectivity index (χ1n) is 4.91. The van der Waals surface area contributed by atoms with E-state index in [1.807, 2.05) is 0 Å². The predicted octanol–water partition coefficient (Wildman–Crippen LogP) is 2.23. The van der Waals surface area contributed by atoms with Crippen LogP contribution in [0, 0.1) is 0 Å². The summed E-state index contributed by atoms with van der Waals surface area (Å²) < 4.78 is 15.7. The van der Waals surface area contributed by atoms with Crippen LogP contribution < -0.4 is 4.74 Å². The van der Waals surface area contributed by atoms with Gasteiger partial charge in [0.05, 0.1) is 5.56 Å². The van der Waals surface area contributed by atoms with Crippen molar-refractivity contribution in [3.63, 3.8) is 0 Å². The third-order valence-corrected chi connectivity index (χ3v) is 2.30.